The van der Waals surface area contributed by atoms with Gasteiger partial charge in [0.2, 0.25) is 29.5 Å². The van der Waals surface area contributed by atoms with Crippen LogP contribution >= 0.6 is 0 Å². The number of nitrogens with two attached hydrogens (primary N) is 3. The molecule has 2 rings (SSSR count). The number of nitrogens with one attached hydrogen (secondary N) is 2. The van der Waals surface area contributed by atoms with Gasteiger partial charge < -0.3 is 37.8 Å². The van der Waals surface area contributed by atoms with E-state index in [0.29, 0.717) is 19.4 Å². The smallest absolute Gasteiger partial charge is 0.326 e. The van der Waals surface area contributed by atoms with Crippen LogP contribution in [0.4, 0.5) is 0 Å². The van der Waals surface area contributed by atoms with E-state index >= 15 is 0 Å². The molecule has 1 aliphatic heterocycles. The highest BCUT2D eigenvalue weighted by Crippen LogP contribution is 2.19. The van der Waals surface area contributed by atoms with Gasteiger partial charge in [-0.3, -0.25) is 24.0 Å². The first-order valence-electron chi connectivity index (χ1n) is 11.5. The average molecular weight is 505 g/mol. The first kappa shape index (κ1) is 28.2. The van der Waals surface area contributed by atoms with E-state index in [2.05, 4.69) is 10.6 Å². The van der Waals surface area contributed by atoms with Gasteiger partial charge in [0.25, 0.3) is 0 Å². The SMILES string of the molecule is NC(=O)CCC(NC(=O)C(CC(N)=O)NC(=O)C1CCCN1C(=O)C(N)Cc1ccccc1)C(=O)O. The largest absolute Gasteiger partial charge is 0.480 e. The van der Waals surface area contributed by atoms with Gasteiger partial charge in [0.1, 0.15) is 18.1 Å². The number of benzene rings is 1. The van der Waals surface area contributed by atoms with Gasteiger partial charge in [-0.15, -0.1) is 0 Å². The Balaban J connectivity index is 2.08. The Morgan fingerprint density at radius 2 is 1.67 bits per heavy atom. The number of rotatable bonds is 13. The minimum absolute atomic E-state index is 0.277. The van der Waals surface area contributed by atoms with Crippen molar-refractivity contribution in [3.05, 3.63) is 35.9 Å². The van der Waals surface area contributed by atoms with Crippen molar-refractivity contribution in [2.75, 3.05) is 6.54 Å². The third-order valence-corrected chi connectivity index (χ3v) is 5.79. The summed E-state index contributed by atoms with van der Waals surface area (Å²) in [7, 11) is 0. The number of carboxylic acids is 1. The highest BCUT2D eigenvalue weighted by Gasteiger charge is 2.38. The molecule has 36 heavy (non-hydrogen) atoms. The number of hydrogen-bond acceptors (Lipinski definition) is 7. The predicted molar refractivity (Wildman–Crippen MR) is 127 cm³/mol. The number of primary amides is 2. The monoisotopic (exact) mass is 504 g/mol. The second-order valence-electron chi connectivity index (χ2n) is 8.62. The van der Waals surface area contributed by atoms with Crippen molar-refractivity contribution in [3.63, 3.8) is 0 Å². The van der Waals surface area contributed by atoms with Crippen molar-refractivity contribution < 1.29 is 33.9 Å². The van der Waals surface area contributed by atoms with Crippen LogP contribution in [0.1, 0.15) is 37.7 Å². The fourth-order valence-electron chi connectivity index (χ4n) is 3.97. The Bertz CT molecular complexity index is 986. The molecule has 1 fully saturated rings. The van der Waals surface area contributed by atoms with E-state index in [1.165, 1.54) is 4.90 Å². The van der Waals surface area contributed by atoms with E-state index in [0.717, 1.165) is 5.56 Å². The van der Waals surface area contributed by atoms with Gasteiger partial charge in [0.05, 0.1) is 12.5 Å². The molecule has 4 unspecified atom stereocenters. The van der Waals surface area contributed by atoms with Crippen LogP contribution in [0.5, 0.6) is 0 Å². The minimum atomic E-state index is -1.49. The van der Waals surface area contributed by atoms with Crippen LogP contribution in [-0.2, 0) is 35.2 Å². The van der Waals surface area contributed by atoms with Crippen LogP contribution in [-0.4, -0.2) is 76.2 Å². The maximum Gasteiger partial charge on any atom is 0.326 e. The summed E-state index contributed by atoms with van der Waals surface area (Å²) in [5, 5.41) is 13.9. The fourth-order valence-corrected chi connectivity index (χ4v) is 3.97. The van der Waals surface area contributed by atoms with E-state index in [9.17, 15) is 33.9 Å². The molecule has 4 atom stereocenters. The van der Waals surface area contributed by atoms with Crippen molar-refractivity contribution in [1.29, 1.82) is 0 Å². The molecule has 0 radical (unpaired) electrons. The maximum absolute atomic E-state index is 13.0. The van der Waals surface area contributed by atoms with Gasteiger partial charge >= 0.3 is 5.97 Å². The molecule has 1 heterocycles. The van der Waals surface area contributed by atoms with E-state index in [4.69, 9.17) is 17.2 Å². The van der Waals surface area contributed by atoms with Gasteiger partial charge in [-0.1, -0.05) is 30.3 Å². The Labute approximate surface area is 207 Å². The minimum Gasteiger partial charge on any atom is -0.480 e. The molecule has 13 heteroatoms. The molecule has 5 amide bonds. The molecular formula is C23H32N6O7. The molecule has 0 spiro atoms. The second kappa shape index (κ2) is 13.2. The van der Waals surface area contributed by atoms with Gasteiger partial charge in [-0.05, 0) is 31.2 Å². The van der Waals surface area contributed by atoms with Gasteiger partial charge in [-0.25, -0.2) is 4.79 Å². The molecule has 0 bridgehead atoms. The number of amides is 5. The lowest BCUT2D eigenvalue weighted by Crippen LogP contribution is -2.57. The lowest BCUT2D eigenvalue weighted by Gasteiger charge is -2.28. The lowest BCUT2D eigenvalue weighted by atomic mass is 10.0. The summed E-state index contributed by atoms with van der Waals surface area (Å²) in [4.78, 5) is 74.0. The summed E-state index contributed by atoms with van der Waals surface area (Å²) >= 11 is 0. The summed E-state index contributed by atoms with van der Waals surface area (Å²) in [5.74, 6) is -5.19. The number of aliphatic carboxylic acids is 1. The molecule has 9 N–H and O–H groups in total. The van der Waals surface area contributed by atoms with Gasteiger partial charge in [0.15, 0.2) is 0 Å². The zero-order valence-corrected chi connectivity index (χ0v) is 19.7. The second-order valence-corrected chi connectivity index (χ2v) is 8.62. The fraction of sp³-hybridized carbons (Fsp3) is 0.478. The van der Waals surface area contributed by atoms with E-state index in [-0.39, 0.29) is 19.3 Å². The van der Waals surface area contributed by atoms with E-state index in [1.807, 2.05) is 30.3 Å². The molecule has 1 aliphatic rings. The highest BCUT2D eigenvalue weighted by molar-refractivity contribution is 5.96. The number of carbonyl (C=O) groups excluding carboxylic acids is 5. The molecule has 0 aliphatic carbocycles. The first-order valence-corrected chi connectivity index (χ1v) is 11.5. The molecule has 0 aromatic heterocycles. The van der Waals surface area contributed by atoms with E-state index in [1.54, 1.807) is 0 Å². The lowest BCUT2D eigenvalue weighted by molar-refractivity contribution is -0.143. The molecule has 1 saturated heterocycles. The van der Waals surface area contributed by atoms with E-state index < -0.39 is 66.1 Å². The Morgan fingerprint density at radius 1 is 1.00 bits per heavy atom. The average Bonchev–Trinajstić information content (AvgIpc) is 3.30. The third kappa shape index (κ3) is 8.34. The maximum atomic E-state index is 13.0. The predicted octanol–water partition coefficient (Wildman–Crippen LogP) is -2.26. The summed E-state index contributed by atoms with van der Waals surface area (Å²) in [6, 6.07) is 4.40. The molecule has 13 nitrogen and oxygen atoms in total. The number of nitrogens with zero attached hydrogens (tertiary/aromatic N) is 1. The quantitative estimate of drug-likeness (QED) is 0.171. The molecule has 1 aromatic carbocycles. The Kier molecular flexibility index (Phi) is 10.3. The molecule has 196 valence electrons. The zero-order chi connectivity index (χ0) is 26.8. The van der Waals surface area contributed by atoms with Crippen molar-refractivity contribution in [3.8, 4) is 0 Å². The highest BCUT2D eigenvalue weighted by atomic mass is 16.4. The normalized spacial score (nSPS) is 17.5. The van der Waals surface area contributed by atoms with Crippen LogP contribution in [0.2, 0.25) is 0 Å². The van der Waals surface area contributed by atoms with Crippen LogP contribution in [0, 0.1) is 0 Å². The van der Waals surface area contributed by atoms with Crippen LogP contribution < -0.4 is 27.8 Å². The summed E-state index contributed by atoms with van der Waals surface area (Å²) in [6.45, 7) is 0.292. The number of likely N-dealkylation sites (tertiary alicyclic amines) is 1. The molecular weight excluding hydrogens is 472 g/mol. The third-order valence-electron chi connectivity index (χ3n) is 5.79. The van der Waals surface area contributed by atoms with Crippen LogP contribution in [0.3, 0.4) is 0 Å². The number of carbonyl (C=O) groups is 6. The van der Waals surface area contributed by atoms with Crippen molar-refractivity contribution in [2.24, 2.45) is 17.2 Å². The van der Waals surface area contributed by atoms with Crippen LogP contribution in [0.25, 0.3) is 0 Å². The Hall–Kier alpha value is -4.00. The summed E-state index contributed by atoms with van der Waals surface area (Å²) in [5.41, 5.74) is 17.2. The number of hydrogen-bond donors (Lipinski definition) is 6. The van der Waals surface area contributed by atoms with Crippen molar-refractivity contribution >= 4 is 35.5 Å². The Morgan fingerprint density at radius 3 is 2.25 bits per heavy atom. The standard InChI is InChI=1S/C23H32N6O7/c24-14(11-13-5-2-1-3-6-13)22(34)29-10-4-7-17(29)21(33)28-16(12-19(26)31)20(32)27-15(23(35)36)8-9-18(25)30/h1-3,5-6,14-17H,4,7-12,24H2,(H2,25,30)(H2,26,31)(H,27,32)(H,28,33)(H,35,36). The topological polar surface area (TPSA) is 228 Å². The molecule has 1 aromatic rings. The summed E-state index contributed by atoms with van der Waals surface area (Å²) < 4.78 is 0. The van der Waals surface area contributed by atoms with Gasteiger partial charge in [-0.2, -0.15) is 0 Å². The van der Waals surface area contributed by atoms with Crippen molar-refractivity contribution in [1.82, 2.24) is 15.5 Å². The van der Waals surface area contributed by atoms with Crippen molar-refractivity contribution in [2.45, 2.75) is 62.7 Å². The molecule has 0 saturated carbocycles. The van der Waals surface area contributed by atoms with Crippen LogP contribution in [0.15, 0.2) is 30.3 Å². The van der Waals surface area contributed by atoms with Gasteiger partial charge in [0, 0.05) is 13.0 Å². The first-order chi connectivity index (χ1) is 17.0. The number of carboxylic acid groups (broad SMARTS) is 1. The summed E-state index contributed by atoms with van der Waals surface area (Å²) in [6.07, 6.45) is -0.0585. The zero-order valence-electron chi connectivity index (χ0n) is 19.7.